The van der Waals surface area contributed by atoms with Crippen LogP contribution in [0, 0.1) is 5.92 Å². The topological polar surface area (TPSA) is 21.3 Å². The van der Waals surface area contributed by atoms with Gasteiger partial charge in [0.1, 0.15) is 0 Å². The number of nitrogens with one attached hydrogen (secondary N) is 1. The van der Waals surface area contributed by atoms with Crippen molar-refractivity contribution < 1.29 is 4.74 Å². The van der Waals surface area contributed by atoms with E-state index < -0.39 is 0 Å². The Morgan fingerprint density at radius 2 is 2.10 bits per heavy atom. The molecule has 20 heavy (non-hydrogen) atoms. The summed E-state index contributed by atoms with van der Waals surface area (Å²) < 4.78 is 5.57. The zero-order chi connectivity index (χ0) is 13.8. The van der Waals surface area contributed by atoms with Gasteiger partial charge < -0.3 is 10.1 Å². The molecule has 1 aliphatic carbocycles. The third-order valence-electron chi connectivity index (χ3n) is 3.73. The molecule has 0 spiro atoms. The number of hydrogen-bond donors (Lipinski definition) is 1. The molecule has 0 aliphatic heterocycles. The first kappa shape index (κ1) is 13.7. The Labute approximate surface area is 124 Å². The first-order chi connectivity index (χ1) is 9.88. The van der Waals surface area contributed by atoms with Crippen molar-refractivity contribution in [1.82, 2.24) is 0 Å². The van der Waals surface area contributed by atoms with E-state index in [0.717, 1.165) is 12.5 Å². The lowest BCUT2D eigenvalue weighted by molar-refractivity contribution is 0.134. The maximum atomic E-state index is 5.57. The van der Waals surface area contributed by atoms with E-state index in [1.54, 1.807) is 0 Å². The molecule has 1 unspecified atom stereocenters. The number of hydrogen-bond acceptors (Lipinski definition) is 3. The molecule has 106 valence electrons. The molecule has 0 amide bonds. The number of rotatable bonds is 7. The third kappa shape index (κ3) is 3.22. The van der Waals surface area contributed by atoms with E-state index in [9.17, 15) is 0 Å². The van der Waals surface area contributed by atoms with Crippen LogP contribution in [0.4, 0.5) is 5.69 Å². The van der Waals surface area contributed by atoms with Gasteiger partial charge in [0.25, 0.3) is 0 Å². The molecule has 1 saturated carbocycles. The van der Waals surface area contributed by atoms with Crippen LogP contribution in [0.25, 0.3) is 0 Å². The monoisotopic (exact) mass is 287 g/mol. The Bertz CT molecular complexity index is 534. The van der Waals surface area contributed by atoms with E-state index in [-0.39, 0.29) is 0 Å². The molecule has 0 bridgehead atoms. The zero-order valence-corrected chi connectivity index (χ0v) is 12.7. The summed E-state index contributed by atoms with van der Waals surface area (Å²) >= 11 is 1.85. The summed E-state index contributed by atoms with van der Waals surface area (Å²) in [7, 11) is 0. The van der Waals surface area contributed by atoms with Gasteiger partial charge in [-0.05, 0) is 43.2 Å². The van der Waals surface area contributed by atoms with Crippen molar-refractivity contribution in [2.75, 3.05) is 11.9 Å². The highest BCUT2D eigenvalue weighted by Gasteiger charge is 2.33. The van der Waals surface area contributed by atoms with E-state index in [2.05, 4.69) is 47.1 Å². The number of anilines is 1. The van der Waals surface area contributed by atoms with Crippen LogP contribution in [0.5, 0.6) is 0 Å². The molecule has 1 aromatic heterocycles. The van der Waals surface area contributed by atoms with Gasteiger partial charge >= 0.3 is 0 Å². The molecule has 0 radical (unpaired) electrons. The first-order valence-electron chi connectivity index (χ1n) is 7.34. The third-order valence-corrected chi connectivity index (χ3v) is 4.69. The number of thiophene rings is 1. The minimum absolute atomic E-state index is 0.456. The minimum Gasteiger partial charge on any atom is -0.377 e. The average molecular weight is 287 g/mol. The molecule has 1 atom stereocenters. The summed E-state index contributed by atoms with van der Waals surface area (Å²) in [6, 6.07) is 13.3. The normalized spacial score (nSPS) is 16.1. The standard InChI is InChI=1S/C17H21NOS/c1-2-19-12-14-6-3-4-7-15(14)18-17(13-9-10-13)16-8-5-11-20-16/h3-8,11,13,17-18H,2,9-10,12H2,1H3. The fourth-order valence-electron chi connectivity index (χ4n) is 2.49. The predicted octanol–water partition coefficient (Wildman–Crippen LogP) is 4.85. The highest BCUT2D eigenvalue weighted by molar-refractivity contribution is 7.10. The van der Waals surface area contributed by atoms with Crippen LogP contribution in [-0.2, 0) is 11.3 Å². The van der Waals surface area contributed by atoms with Crippen LogP contribution in [-0.4, -0.2) is 6.61 Å². The molecule has 1 heterocycles. The van der Waals surface area contributed by atoms with Gasteiger partial charge in [0.15, 0.2) is 0 Å². The molecule has 3 heteroatoms. The van der Waals surface area contributed by atoms with Crippen molar-refractivity contribution in [2.45, 2.75) is 32.4 Å². The van der Waals surface area contributed by atoms with Gasteiger partial charge in [0, 0.05) is 22.7 Å². The highest BCUT2D eigenvalue weighted by Crippen LogP contribution is 2.44. The second-order valence-electron chi connectivity index (χ2n) is 5.27. The van der Waals surface area contributed by atoms with Gasteiger partial charge in [0.05, 0.1) is 12.6 Å². The van der Waals surface area contributed by atoms with Gasteiger partial charge in [-0.15, -0.1) is 11.3 Å². The smallest absolute Gasteiger partial charge is 0.0736 e. The number of ether oxygens (including phenoxy) is 1. The SMILES string of the molecule is CCOCc1ccccc1NC(c1cccs1)C1CC1. The van der Waals surface area contributed by atoms with E-state index >= 15 is 0 Å². The van der Waals surface area contributed by atoms with Crippen molar-refractivity contribution in [3.05, 3.63) is 52.2 Å². The molecule has 1 fully saturated rings. The van der Waals surface area contributed by atoms with E-state index in [4.69, 9.17) is 4.74 Å². The van der Waals surface area contributed by atoms with E-state index in [0.29, 0.717) is 12.6 Å². The summed E-state index contributed by atoms with van der Waals surface area (Å²) in [5, 5.41) is 5.92. The lowest BCUT2D eigenvalue weighted by Crippen LogP contribution is -2.13. The quantitative estimate of drug-likeness (QED) is 0.786. The van der Waals surface area contributed by atoms with E-state index in [1.807, 2.05) is 18.3 Å². The summed E-state index contributed by atoms with van der Waals surface area (Å²) in [6.45, 7) is 3.47. The second kappa shape index (κ2) is 6.42. The van der Waals surface area contributed by atoms with Crippen molar-refractivity contribution in [3.63, 3.8) is 0 Å². The van der Waals surface area contributed by atoms with Crippen LogP contribution in [0.3, 0.4) is 0 Å². The largest absolute Gasteiger partial charge is 0.377 e. The van der Waals surface area contributed by atoms with Gasteiger partial charge in [-0.3, -0.25) is 0 Å². The van der Waals surface area contributed by atoms with Gasteiger partial charge in [-0.2, -0.15) is 0 Å². The zero-order valence-electron chi connectivity index (χ0n) is 11.8. The number of para-hydroxylation sites is 1. The van der Waals surface area contributed by atoms with Crippen molar-refractivity contribution in [2.24, 2.45) is 5.92 Å². The Kier molecular flexibility index (Phi) is 4.38. The molecule has 1 aromatic carbocycles. The summed E-state index contributed by atoms with van der Waals surface area (Å²) in [5.41, 5.74) is 2.46. The fraction of sp³-hybridized carbons (Fsp3) is 0.412. The molecular formula is C17H21NOS. The van der Waals surface area contributed by atoms with Crippen molar-refractivity contribution in [1.29, 1.82) is 0 Å². The number of benzene rings is 1. The highest BCUT2D eigenvalue weighted by atomic mass is 32.1. The van der Waals surface area contributed by atoms with Gasteiger partial charge in [-0.25, -0.2) is 0 Å². The van der Waals surface area contributed by atoms with Crippen molar-refractivity contribution >= 4 is 17.0 Å². The maximum absolute atomic E-state index is 5.57. The first-order valence-corrected chi connectivity index (χ1v) is 8.22. The van der Waals surface area contributed by atoms with Gasteiger partial charge in [0.2, 0.25) is 0 Å². The van der Waals surface area contributed by atoms with Crippen LogP contribution < -0.4 is 5.32 Å². The maximum Gasteiger partial charge on any atom is 0.0736 e. The molecule has 2 nitrogen and oxygen atoms in total. The predicted molar refractivity (Wildman–Crippen MR) is 85.2 cm³/mol. The molecule has 1 aliphatic rings. The summed E-state index contributed by atoms with van der Waals surface area (Å²) in [5.74, 6) is 0.786. The summed E-state index contributed by atoms with van der Waals surface area (Å²) in [4.78, 5) is 1.44. The molecular weight excluding hydrogens is 266 g/mol. The Hall–Kier alpha value is -1.32. The molecule has 1 N–H and O–H groups in total. The second-order valence-corrected chi connectivity index (χ2v) is 6.25. The Morgan fingerprint density at radius 1 is 1.25 bits per heavy atom. The van der Waals surface area contributed by atoms with Gasteiger partial charge in [-0.1, -0.05) is 24.3 Å². The minimum atomic E-state index is 0.456. The van der Waals surface area contributed by atoms with Crippen LogP contribution in [0.2, 0.25) is 0 Å². The van der Waals surface area contributed by atoms with Crippen LogP contribution in [0.15, 0.2) is 41.8 Å². The van der Waals surface area contributed by atoms with Crippen molar-refractivity contribution in [3.8, 4) is 0 Å². The molecule has 2 aromatic rings. The summed E-state index contributed by atoms with van der Waals surface area (Å²) in [6.07, 6.45) is 2.67. The lowest BCUT2D eigenvalue weighted by Gasteiger charge is -2.20. The fourth-order valence-corrected chi connectivity index (χ4v) is 3.35. The van der Waals surface area contributed by atoms with E-state index in [1.165, 1.54) is 29.0 Å². The van der Waals surface area contributed by atoms with Crippen LogP contribution in [0.1, 0.15) is 36.2 Å². The Balaban J connectivity index is 1.78. The molecule has 0 saturated heterocycles. The van der Waals surface area contributed by atoms with Crippen LogP contribution >= 0.6 is 11.3 Å². The molecule has 3 rings (SSSR count). The Morgan fingerprint density at radius 3 is 2.80 bits per heavy atom. The lowest BCUT2D eigenvalue weighted by atomic mass is 10.1. The average Bonchev–Trinajstić information content (AvgIpc) is 3.18.